The summed E-state index contributed by atoms with van der Waals surface area (Å²) in [6.07, 6.45) is 0.136. The zero-order valence-electron chi connectivity index (χ0n) is 21.7. The highest BCUT2D eigenvalue weighted by molar-refractivity contribution is 8.07. The first-order chi connectivity index (χ1) is 20.4. The van der Waals surface area contributed by atoms with E-state index in [1.807, 2.05) is 60.0 Å². The van der Waals surface area contributed by atoms with Crippen LogP contribution < -0.4 is 5.32 Å². The second-order valence-electron chi connectivity index (χ2n) is 9.48. The van der Waals surface area contributed by atoms with E-state index in [0.29, 0.717) is 10.5 Å². The van der Waals surface area contributed by atoms with Gasteiger partial charge in [0.1, 0.15) is 18.0 Å². The molecular weight excluding hydrogens is 597 g/mol. The molecule has 2 amide bonds. The van der Waals surface area contributed by atoms with Crippen molar-refractivity contribution in [3.8, 4) is 0 Å². The SMILES string of the molecule is O=C(Cc1ccccc1)NC1C(=O)N2C(C(=O)OCc3ccc([N+](=O)[O-])cc3)C(Sc3nc4ccccc4s3)=CS[C@H]12. The van der Waals surface area contributed by atoms with Crippen molar-refractivity contribution < 1.29 is 24.0 Å². The third-order valence-electron chi connectivity index (χ3n) is 6.71. The lowest BCUT2D eigenvalue weighted by molar-refractivity contribution is -0.384. The van der Waals surface area contributed by atoms with E-state index in [4.69, 9.17) is 4.74 Å². The number of nitro benzene ring substituents is 1. The lowest BCUT2D eigenvalue weighted by Crippen LogP contribution is -2.73. The fourth-order valence-corrected chi connectivity index (χ4v) is 8.18. The molecule has 212 valence electrons. The number of ether oxygens (including phenoxy) is 1. The van der Waals surface area contributed by atoms with Crippen LogP contribution in [0.15, 0.2) is 93.5 Å². The lowest BCUT2D eigenvalue weighted by atomic mass is 10.0. The predicted molar refractivity (Wildman–Crippen MR) is 161 cm³/mol. The van der Waals surface area contributed by atoms with Gasteiger partial charge in [0.2, 0.25) is 11.8 Å². The summed E-state index contributed by atoms with van der Waals surface area (Å²) in [6.45, 7) is -0.122. The van der Waals surface area contributed by atoms with Gasteiger partial charge in [-0.1, -0.05) is 54.2 Å². The largest absolute Gasteiger partial charge is 0.459 e. The van der Waals surface area contributed by atoms with Gasteiger partial charge in [0.15, 0.2) is 10.4 Å². The summed E-state index contributed by atoms with van der Waals surface area (Å²) in [5, 5.41) is 15.1. The maximum atomic E-state index is 13.5. The second kappa shape index (κ2) is 12.0. The van der Waals surface area contributed by atoms with Gasteiger partial charge >= 0.3 is 5.97 Å². The van der Waals surface area contributed by atoms with E-state index >= 15 is 0 Å². The quantitative estimate of drug-likeness (QED) is 0.121. The molecule has 0 aliphatic carbocycles. The van der Waals surface area contributed by atoms with Gasteiger partial charge in [-0.05, 0) is 40.8 Å². The fourth-order valence-electron chi connectivity index (χ4n) is 4.63. The first-order valence-corrected chi connectivity index (χ1v) is 15.4. The van der Waals surface area contributed by atoms with Crippen LogP contribution >= 0.6 is 34.9 Å². The molecule has 6 rings (SSSR count). The Hall–Kier alpha value is -4.20. The van der Waals surface area contributed by atoms with Crippen LogP contribution in [0, 0.1) is 10.1 Å². The molecular formula is C29H22N4O6S3. The van der Waals surface area contributed by atoms with Crippen LogP contribution in [0.5, 0.6) is 0 Å². The molecule has 2 aliphatic heterocycles. The van der Waals surface area contributed by atoms with E-state index in [2.05, 4.69) is 10.3 Å². The highest BCUT2D eigenvalue weighted by Crippen LogP contribution is 2.46. The molecule has 2 unspecified atom stereocenters. The number of nitrogens with zero attached hydrogens (tertiary/aromatic N) is 3. The van der Waals surface area contributed by atoms with E-state index in [1.165, 1.54) is 64.0 Å². The molecule has 3 heterocycles. The first kappa shape index (κ1) is 27.9. The van der Waals surface area contributed by atoms with E-state index in [0.717, 1.165) is 20.1 Å². The summed E-state index contributed by atoms with van der Waals surface area (Å²) < 4.78 is 7.34. The van der Waals surface area contributed by atoms with Crippen molar-refractivity contribution >= 4 is 68.5 Å². The average Bonchev–Trinajstić information content (AvgIpc) is 3.41. The summed E-state index contributed by atoms with van der Waals surface area (Å²) >= 11 is 4.15. The molecule has 2 aliphatic rings. The van der Waals surface area contributed by atoms with Crippen LogP contribution in [0.25, 0.3) is 10.2 Å². The fraction of sp³-hybridized carbons (Fsp3) is 0.172. The van der Waals surface area contributed by atoms with Crippen LogP contribution in [0.4, 0.5) is 5.69 Å². The Morgan fingerprint density at radius 3 is 2.50 bits per heavy atom. The summed E-state index contributed by atoms with van der Waals surface area (Å²) in [4.78, 5) is 56.8. The Kier molecular flexibility index (Phi) is 7.96. The van der Waals surface area contributed by atoms with E-state index in [-0.39, 0.29) is 30.5 Å². The topological polar surface area (TPSA) is 132 Å². The van der Waals surface area contributed by atoms with Crippen molar-refractivity contribution in [2.75, 3.05) is 0 Å². The molecule has 0 bridgehead atoms. The van der Waals surface area contributed by atoms with Gasteiger partial charge < -0.3 is 15.0 Å². The number of rotatable bonds is 9. The van der Waals surface area contributed by atoms with Gasteiger partial charge in [-0.3, -0.25) is 19.7 Å². The Bertz CT molecular complexity index is 1680. The Morgan fingerprint density at radius 2 is 1.76 bits per heavy atom. The number of thiazole rings is 1. The molecule has 0 radical (unpaired) electrons. The number of non-ortho nitro benzene ring substituents is 1. The first-order valence-electron chi connectivity index (χ1n) is 12.8. The van der Waals surface area contributed by atoms with Gasteiger partial charge in [-0.25, -0.2) is 9.78 Å². The number of para-hydroxylation sites is 1. The molecule has 4 aromatic rings. The number of esters is 1. The summed E-state index contributed by atoms with van der Waals surface area (Å²) in [6, 6.07) is 20.9. The summed E-state index contributed by atoms with van der Waals surface area (Å²) in [5.41, 5.74) is 2.17. The Morgan fingerprint density at radius 1 is 1.02 bits per heavy atom. The number of nitrogens with one attached hydrogen (secondary N) is 1. The Balaban J connectivity index is 1.20. The lowest BCUT2D eigenvalue weighted by Gasteiger charge is -2.51. The van der Waals surface area contributed by atoms with Crippen LogP contribution in [-0.4, -0.2) is 50.0 Å². The van der Waals surface area contributed by atoms with Gasteiger partial charge in [-0.15, -0.1) is 23.1 Å². The number of carbonyl (C=O) groups is 3. The van der Waals surface area contributed by atoms with Crippen molar-refractivity contribution in [3.63, 3.8) is 0 Å². The number of hydrogen-bond acceptors (Lipinski definition) is 10. The molecule has 13 heteroatoms. The van der Waals surface area contributed by atoms with E-state index in [1.54, 1.807) is 0 Å². The van der Waals surface area contributed by atoms with E-state index in [9.17, 15) is 24.5 Å². The average molecular weight is 619 g/mol. The monoisotopic (exact) mass is 618 g/mol. The number of carbonyl (C=O) groups excluding carboxylic acids is 3. The number of benzene rings is 3. The summed E-state index contributed by atoms with van der Waals surface area (Å²) in [7, 11) is 0. The van der Waals surface area contributed by atoms with E-state index < -0.39 is 28.4 Å². The van der Waals surface area contributed by atoms with Gasteiger partial charge in [0.05, 0.1) is 21.6 Å². The molecule has 3 atom stereocenters. The number of thioether (sulfide) groups is 2. The molecule has 0 spiro atoms. The second-order valence-corrected chi connectivity index (χ2v) is 12.8. The molecule has 1 N–H and O–H groups in total. The number of hydrogen-bond donors (Lipinski definition) is 1. The normalized spacial score (nSPS) is 19.4. The number of β-lactam (4-membered cyclic amide) rings is 1. The Labute approximate surface area is 252 Å². The highest BCUT2D eigenvalue weighted by Gasteiger charge is 2.56. The molecule has 3 aromatic carbocycles. The zero-order chi connectivity index (χ0) is 29.2. The molecule has 42 heavy (non-hydrogen) atoms. The van der Waals surface area contributed by atoms with Crippen molar-refractivity contribution in [3.05, 3.63) is 110 Å². The summed E-state index contributed by atoms with van der Waals surface area (Å²) in [5.74, 6) is -1.29. The van der Waals surface area contributed by atoms with Crippen LogP contribution in [0.2, 0.25) is 0 Å². The van der Waals surface area contributed by atoms with Crippen LogP contribution in [0.3, 0.4) is 0 Å². The number of nitro groups is 1. The third kappa shape index (κ3) is 5.75. The molecule has 1 fully saturated rings. The van der Waals surface area contributed by atoms with Gasteiger partial charge in [0, 0.05) is 17.0 Å². The van der Waals surface area contributed by atoms with Crippen molar-refractivity contribution in [2.24, 2.45) is 0 Å². The number of aromatic nitrogens is 1. The number of amides is 2. The maximum absolute atomic E-state index is 13.5. The van der Waals surface area contributed by atoms with Crippen molar-refractivity contribution in [2.45, 2.75) is 34.8 Å². The molecule has 1 saturated heterocycles. The minimum absolute atomic E-state index is 0.0683. The molecule has 1 aromatic heterocycles. The number of fused-ring (bicyclic) bond motifs is 2. The highest BCUT2D eigenvalue weighted by atomic mass is 32.2. The smallest absolute Gasteiger partial charge is 0.334 e. The molecule has 0 saturated carbocycles. The van der Waals surface area contributed by atoms with Crippen molar-refractivity contribution in [1.29, 1.82) is 0 Å². The van der Waals surface area contributed by atoms with Gasteiger partial charge in [-0.2, -0.15) is 0 Å². The molecule has 10 nitrogen and oxygen atoms in total. The van der Waals surface area contributed by atoms with Crippen LogP contribution in [-0.2, 0) is 32.1 Å². The maximum Gasteiger partial charge on any atom is 0.334 e. The minimum Gasteiger partial charge on any atom is -0.459 e. The standard InChI is InChI=1S/C29H22N4O6S3/c34-23(14-17-6-2-1-3-7-17)31-24-26(35)32-25(28(36)39-15-18-10-12-19(13-11-18)33(37)38)22(16-40-27(24)32)42-29-30-20-8-4-5-9-21(20)41-29/h1-13,16,24-25,27H,14-15H2,(H,31,34)/t24?,25?,27-/m1/s1. The van der Waals surface area contributed by atoms with Crippen LogP contribution in [0.1, 0.15) is 11.1 Å². The van der Waals surface area contributed by atoms with Crippen molar-refractivity contribution in [1.82, 2.24) is 15.2 Å². The zero-order valence-corrected chi connectivity index (χ0v) is 24.2. The van der Waals surface area contributed by atoms with Gasteiger partial charge in [0.25, 0.3) is 5.69 Å². The third-order valence-corrected chi connectivity index (χ3v) is 10.2. The minimum atomic E-state index is -1.03. The predicted octanol–water partition coefficient (Wildman–Crippen LogP) is 4.89.